The van der Waals surface area contributed by atoms with Gasteiger partial charge in [-0.15, -0.1) is 0 Å². The van der Waals surface area contributed by atoms with Gasteiger partial charge in [0.25, 0.3) is 0 Å². The zero-order valence-corrected chi connectivity index (χ0v) is 14.2. The third-order valence-corrected chi connectivity index (χ3v) is 4.23. The highest BCUT2D eigenvalue weighted by Gasteiger charge is 2.18. The smallest absolute Gasteiger partial charge is 0.333 e. The van der Waals surface area contributed by atoms with Crippen LogP contribution < -0.4 is 11.4 Å². The van der Waals surface area contributed by atoms with Crippen LogP contribution in [0.1, 0.15) is 5.56 Å². The number of carbonyl (C=O) groups is 1. The molecule has 3 rings (SSSR count). The number of ether oxygens (including phenoxy) is 1. The summed E-state index contributed by atoms with van der Waals surface area (Å²) in [7, 11) is 2.71. The Labute approximate surface area is 147 Å². The van der Waals surface area contributed by atoms with Gasteiger partial charge in [-0.1, -0.05) is 12.1 Å². The van der Waals surface area contributed by atoms with Crippen molar-refractivity contribution in [2.75, 3.05) is 7.11 Å². The van der Waals surface area contributed by atoms with Gasteiger partial charge in [-0.25, -0.2) is 13.6 Å². The molecule has 1 heterocycles. The molecule has 0 amide bonds. The lowest BCUT2D eigenvalue weighted by molar-refractivity contribution is -0.142. The number of carbonyl (C=O) groups excluding carboxylic acids is 1. The average Bonchev–Trinajstić information content (AvgIpc) is 2.87. The second-order valence-corrected chi connectivity index (χ2v) is 5.93. The molecule has 0 saturated heterocycles. The predicted molar refractivity (Wildman–Crippen MR) is 92.1 cm³/mol. The molecule has 0 aliphatic carbocycles. The van der Waals surface area contributed by atoms with E-state index in [4.69, 9.17) is 5.73 Å². The van der Waals surface area contributed by atoms with Crippen molar-refractivity contribution in [2.24, 2.45) is 12.8 Å². The van der Waals surface area contributed by atoms with Crippen LogP contribution in [0.3, 0.4) is 0 Å². The second-order valence-electron chi connectivity index (χ2n) is 5.93. The van der Waals surface area contributed by atoms with E-state index in [-0.39, 0.29) is 17.5 Å². The standard InChI is InChI=1S/C18H17F2N3O3/c1-22-15-9-11(19)8-13(20)16(15)23(18(22)25)12-5-3-10(4-6-12)7-14(21)17(24)26-2/h3-6,8-9,14H,7,21H2,1-2H3. The van der Waals surface area contributed by atoms with Gasteiger partial charge in [0.1, 0.15) is 17.4 Å². The molecule has 2 aromatic carbocycles. The Morgan fingerprint density at radius 1 is 1.23 bits per heavy atom. The van der Waals surface area contributed by atoms with Crippen molar-refractivity contribution < 1.29 is 18.3 Å². The van der Waals surface area contributed by atoms with Crippen LogP contribution in [0, 0.1) is 11.6 Å². The third-order valence-electron chi connectivity index (χ3n) is 4.23. The van der Waals surface area contributed by atoms with Gasteiger partial charge >= 0.3 is 11.7 Å². The predicted octanol–water partition coefficient (Wildman–Crippen LogP) is 1.65. The number of hydrogen-bond donors (Lipinski definition) is 1. The van der Waals surface area contributed by atoms with Crippen molar-refractivity contribution in [3.05, 3.63) is 64.1 Å². The number of fused-ring (bicyclic) bond motifs is 1. The molecular weight excluding hydrogens is 344 g/mol. The Bertz CT molecular complexity index is 1040. The number of nitrogens with two attached hydrogens (primary N) is 1. The fourth-order valence-corrected chi connectivity index (χ4v) is 2.89. The van der Waals surface area contributed by atoms with E-state index < -0.39 is 29.3 Å². The van der Waals surface area contributed by atoms with E-state index in [2.05, 4.69) is 4.74 Å². The quantitative estimate of drug-likeness (QED) is 0.717. The molecule has 0 radical (unpaired) electrons. The topological polar surface area (TPSA) is 79.2 Å². The first kappa shape index (κ1) is 17.8. The number of aromatic nitrogens is 2. The maximum absolute atomic E-state index is 14.3. The van der Waals surface area contributed by atoms with Crippen LogP contribution in [-0.2, 0) is 23.0 Å². The molecule has 0 fully saturated rings. The number of rotatable bonds is 4. The van der Waals surface area contributed by atoms with Crippen LogP contribution in [0.25, 0.3) is 16.7 Å². The fourth-order valence-electron chi connectivity index (χ4n) is 2.89. The summed E-state index contributed by atoms with van der Waals surface area (Å²) in [6.07, 6.45) is 0.261. The number of hydrogen-bond acceptors (Lipinski definition) is 4. The maximum Gasteiger partial charge on any atom is 0.333 e. The summed E-state index contributed by atoms with van der Waals surface area (Å²) in [6, 6.07) is 7.65. The summed E-state index contributed by atoms with van der Waals surface area (Å²) in [5.41, 5.74) is 6.56. The van der Waals surface area contributed by atoms with Crippen LogP contribution in [0.4, 0.5) is 8.78 Å². The highest BCUT2D eigenvalue weighted by Crippen LogP contribution is 2.22. The van der Waals surface area contributed by atoms with E-state index in [0.717, 1.165) is 17.7 Å². The van der Waals surface area contributed by atoms with Crippen molar-refractivity contribution in [3.63, 3.8) is 0 Å². The summed E-state index contributed by atoms with van der Waals surface area (Å²) in [5, 5.41) is 0. The molecular formula is C18H17F2N3O3. The highest BCUT2D eigenvalue weighted by molar-refractivity contribution is 5.79. The Kier molecular flexibility index (Phi) is 4.60. The van der Waals surface area contributed by atoms with Crippen LogP contribution in [0.5, 0.6) is 0 Å². The Morgan fingerprint density at radius 2 is 1.88 bits per heavy atom. The summed E-state index contributed by atoms with van der Waals surface area (Å²) < 4.78 is 34.7. The monoisotopic (exact) mass is 361 g/mol. The van der Waals surface area contributed by atoms with Gasteiger partial charge in [-0.3, -0.25) is 13.9 Å². The number of methoxy groups -OCH3 is 1. The number of nitrogens with zero attached hydrogens (tertiary/aromatic N) is 2. The fraction of sp³-hybridized carbons (Fsp3) is 0.222. The molecule has 1 aromatic heterocycles. The molecule has 1 atom stereocenters. The van der Waals surface area contributed by atoms with Gasteiger partial charge in [-0.2, -0.15) is 0 Å². The van der Waals surface area contributed by atoms with Gasteiger partial charge in [-0.05, 0) is 24.1 Å². The van der Waals surface area contributed by atoms with E-state index >= 15 is 0 Å². The first-order valence-electron chi connectivity index (χ1n) is 7.82. The zero-order chi connectivity index (χ0) is 19.0. The van der Waals surface area contributed by atoms with Crippen LogP contribution in [0.15, 0.2) is 41.2 Å². The molecule has 1 unspecified atom stereocenters. The Balaban J connectivity index is 2.04. The van der Waals surface area contributed by atoms with Crippen molar-refractivity contribution in [1.82, 2.24) is 9.13 Å². The molecule has 0 bridgehead atoms. The van der Waals surface area contributed by atoms with E-state index in [1.54, 1.807) is 24.3 Å². The second kappa shape index (κ2) is 6.72. The number of benzene rings is 2. The summed E-state index contributed by atoms with van der Waals surface area (Å²) in [5.74, 6) is -2.10. The van der Waals surface area contributed by atoms with Gasteiger partial charge < -0.3 is 10.5 Å². The normalized spacial score (nSPS) is 12.3. The van der Waals surface area contributed by atoms with Crippen LogP contribution in [-0.4, -0.2) is 28.3 Å². The SMILES string of the molecule is COC(=O)C(N)Cc1ccc(-n2c(=O)n(C)c3cc(F)cc(F)c32)cc1. The van der Waals surface area contributed by atoms with E-state index in [0.29, 0.717) is 5.69 Å². The van der Waals surface area contributed by atoms with Gasteiger partial charge in [0.05, 0.1) is 18.3 Å². The third kappa shape index (κ3) is 2.99. The van der Waals surface area contributed by atoms with Crippen molar-refractivity contribution in [1.29, 1.82) is 0 Å². The van der Waals surface area contributed by atoms with E-state index in [1.807, 2.05) is 0 Å². The summed E-state index contributed by atoms with van der Waals surface area (Å²) >= 11 is 0. The van der Waals surface area contributed by atoms with Gasteiger partial charge in [0.15, 0.2) is 5.82 Å². The molecule has 0 spiro atoms. The molecule has 6 nitrogen and oxygen atoms in total. The number of aryl methyl sites for hydroxylation is 1. The van der Waals surface area contributed by atoms with Crippen molar-refractivity contribution in [3.8, 4) is 5.69 Å². The Morgan fingerprint density at radius 3 is 2.50 bits per heavy atom. The lowest BCUT2D eigenvalue weighted by Gasteiger charge is -2.10. The molecule has 3 aromatic rings. The molecule has 0 aliphatic rings. The molecule has 8 heteroatoms. The zero-order valence-electron chi connectivity index (χ0n) is 14.2. The van der Waals surface area contributed by atoms with E-state index in [9.17, 15) is 18.4 Å². The van der Waals surface area contributed by atoms with Crippen molar-refractivity contribution in [2.45, 2.75) is 12.5 Å². The van der Waals surface area contributed by atoms with Gasteiger partial charge in [0, 0.05) is 19.2 Å². The summed E-state index contributed by atoms with van der Waals surface area (Å²) in [6.45, 7) is 0. The minimum Gasteiger partial charge on any atom is -0.468 e. The Hall–Kier alpha value is -3.00. The molecule has 0 aliphatic heterocycles. The number of imidazole rings is 1. The minimum atomic E-state index is -0.825. The van der Waals surface area contributed by atoms with Crippen LogP contribution >= 0.6 is 0 Å². The van der Waals surface area contributed by atoms with Gasteiger partial charge in [0.2, 0.25) is 0 Å². The molecule has 2 N–H and O–H groups in total. The largest absolute Gasteiger partial charge is 0.468 e. The highest BCUT2D eigenvalue weighted by atomic mass is 19.1. The first-order chi connectivity index (χ1) is 12.3. The average molecular weight is 361 g/mol. The molecule has 26 heavy (non-hydrogen) atoms. The maximum atomic E-state index is 14.3. The van der Waals surface area contributed by atoms with Crippen LogP contribution in [0.2, 0.25) is 0 Å². The van der Waals surface area contributed by atoms with Crippen molar-refractivity contribution >= 4 is 17.0 Å². The molecule has 0 saturated carbocycles. The number of halogens is 2. The summed E-state index contributed by atoms with van der Waals surface area (Å²) in [4.78, 5) is 23.9. The lowest BCUT2D eigenvalue weighted by Crippen LogP contribution is -2.33. The van der Waals surface area contributed by atoms with E-state index in [1.165, 1.54) is 23.3 Å². The lowest BCUT2D eigenvalue weighted by atomic mass is 10.1. The first-order valence-corrected chi connectivity index (χ1v) is 7.82. The molecule has 136 valence electrons. The number of esters is 1. The minimum absolute atomic E-state index is 0.00193.